The highest BCUT2D eigenvalue weighted by Gasteiger charge is 2.18. The molecule has 0 unspecified atom stereocenters. The van der Waals surface area contributed by atoms with E-state index in [9.17, 15) is 4.79 Å². The van der Waals surface area contributed by atoms with Crippen molar-refractivity contribution in [2.75, 3.05) is 6.54 Å². The second kappa shape index (κ2) is 9.49. The molecule has 0 saturated heterocycles. The summed E-state index contributed by atoms with van der Waals surface area (Å²) in [7, 11) is 0. The van der Waals surface area contributed by atoms with E-state index in [1.165, 1.54) is 27.8 Å². The van der Waals surface area contributed by atoms with Crippen LogP contribution in [-0.2, 0) is 13.0 Å². The number of rotatable bonds is 7. The summed E-state index contributed by atoms with van der Waals surface area (Å²) in [5, 5.41) is 6.55. The maximum atomic E-state index is 13.2. The maximum absolute atomic E-state index is 13.2. The predicted molar refractivity (Wildman–Crippen MR) is 145 cm³/mol. The van der Waals surface area contributed by atoms with E-state index in [4.69, 9.17) is 4.98 Å². The minimum Gasteiger partial charge on any atom is -0.333 e. The summed E-state index contributed by atoms with van der Waals surface area (Å²) >= 11 is 3.14. The summed E-state index contributed by atoms with van der Waals surface area (Å²) < 4.78 is 2.17. The van der Waals surface area contributed by atoms with E-state index < -0.39 is 0 Å². The fourth-order valence-electron chi connectivity index (χ4n) is 4.36. The van der Waals surface area contributed by atoms with E-state index in [0.29, 0.717) is 13.1 Å². The Balaban J connectivity index is 1.25. The third-order valence-electron chi connectivity index (χ3n) is 6.20. The molecule has 0 radical (unpaired) electrons. The molecule has 0 aliphatic heterocycles. The van der Waals surface area contributed by atoms with Crippen LogP contribution in [0.2, 0.25) is 0 Å². The van der Waals surface area contributed by atoms with Gasteiger partial charge in [0.2, 0.25) is 0 Å². The molecule has 35 heavy (non-hydrogen) atoms. The average molecular weight is 494 g/mol. The molecule has 6 aromatic rings. The van der Waals surface area contributed by atoms with Gasteiger partial charge in [0.1, 0.15) is 0 Å². The van der Waals surface area contributed by atoms with Crippen molar-refractivity contribution in [2.45, 2.75) is 13.0 Å². The van der Waals surface area contributed by atoms with E-state index in [-0.39, 0.29) is 5.91 Å². The largest absolute Gasteiger partial charge is 0.333 e. The number of fused-ring (bicyclic) bond motifs is 2. The smallest absolute Gasteiger partial charge is 0.264 e. The molecule has 172 valence electrons. The minimum atomic E-state index is 0.0813. The highest BCUT2D eigenvalue weighted by molar-refractivity contribution is 7.15. The van der Waals surface area contributed by atoms with Crippen LogP contribution in [0.3, 0.4) is 0 Å². The first-order valence-corrected chi connectivity index (χ1v) is 13.3. The van der Waals surface area contributed by atoms with Gasteiger partial charge in [0.25, 0.3) is 5.91 Å². The highest BCUT2D eigenvalue weighted by Crippen LogP contribution is 2.27. The van der Waals surface area contributed by atoms with E-state index in [1.54, 1.807) is 11.3 Å². The lowest BCUT2D eigenvalue weighted by molar-refractivity contribution is 0.0749. The Kier molecular flexibility index (Phi) is 5.90. The molecule has 0 atom stereocenters. The van der Waals surface area contributed by atoms with Gasteiger partial charge in [-0.3, -0.25) is 9.20 Å². The van der Waals surface area contributed by atoms with Gasteiger partial charge < -0.3 is 4.90 Å². The van der Waals surface area contributed by atoms with Crippen LogP contribution < -0.4 is 0 Å². The number of aromatic nitrogens is 2. The highest BCUT2D eigenvalue weighted by atomic mass is 32.1. The molecule has 3 aromatic heterocycles. The van der Waals surface area contributed by atoms with E-state index in [2.05, 4.69) is 70.6 Å². The molecule has 0 bridgehead atoms. The van der Waals surface area contributed by atoms with Crippen LogP contribution in [0.4, 0.5) is 0 Å². The number of hydrogen-bond donors (Lipinski definition) is 0. The van der Waals surface area contributed by atoms with Crippen molar-refractivity contribution in [2.24, 2.45) is 0 Å². The molecular formula is C29H23N3OS2. The van der Waals surface area contributed by atoms with Gasteiger partial charge in [-0.2, -0.15) is 0 Å². The molecule has 0 N–H and O–H groups in total. The van der Waals surface area contributed by atoms with Crippen molar-refractivity contribution in [3.05, 3.63) is 118 Å². The van der Waals surface area contributed by atoms with E-state index in [1.807, 2.05) is 40.6 Å². The molecule has 0 aliphatic rings. The van der Waals surface area contributed by atoms with Crippen LogP contribution in [0, 0.1) is 0 Å². The van der Waals surface area contributed by atoms with Crippen molar-refractivity contribution in [3.63, 3.8) is 0 Å². The molecule has 1 amide bonds. The Morgan fingerprint density at radius 1 is 0.886 bits per heavy atom. The van der Waals surface area contributed by atoms with Gasteiger partial charge in [0.05, 0.1) is 10.6 Å². The quantitative estimate of drug-likeness (QED) is 0.237. The molecule has 0 saturated carbocycles. The standard InChI is InChI=1S/C29H23N3OS2/c33-28(27-11-6-16-34-27)31(18-21-7-2-1-3-8-21)15-14-25-20-35-29-30-26(19-32(25)29)24-13-12-22-9-4-5-10-23(22)17-24/h1-13,16-17,19-20H,14-15,18H2. The molecule has 0 spiro atoms. The Labute approximate surface area is 211 Å². The summed E-state index contributed by atoms with van der Waals surface area (Å²) in [4.78, 5) is 21.8. The number of thiophene rings is 1. The van der Waals surface area contributed by atoms with Gasteiger partial charge in [0.15, 0.2) is 4.96 Å². The SMILES string of the molecule is O=C(c1cccs1)N(CCc1csc2nc(-c3ccc4ccccc4c3)cn12)Cc1ccccc1. The molecule has 0 fully saturated rings. The van der Waals surface area contributed by atoms with Gasteiger partial charge in [0, 0.05) is 42.3 Å². The first-order valence-electron chi connectivity index (χ1n) is 11.6. The number of thiazole rings is 1. The number of imidazole rings is 1. The van der Waals surface area contributed by atoms with Gasteiger partial charge >= 0.3 is 0 Å². The molecule has 0 aliphatic carbocycles. The van der Waals surface area contributed by atoms with Crippen LogP contribution in [-0.4, -0.2) is 26.7 Å². The zero-order valence-electron chi connectivity index (χ0n) is 19.0. The summed E-state index contributed by atoms with van der Waals surface area (Å²) in [6.07, 6.45) is 2.88. The Morgan fingerprint density at radius 3 is 2.54 bits per heavy atom. The lowest BCUT2D eigenvalue weighted by atomic mass is 10.1. The molecule has 6 heteroatoms. The second-order valence-electron chi connectivity index (χ2n) is 8.51. The lowest BCUT2D eigenvalue weighted by Gasteiger charge is -2.22. The van der Waals surface area contributed by atoms with Gasteiger partial charge in [-0.05, 0) is 33.8 Å². The maximum Gasteiger partial charge on any atom is 0.264 e. The number of benzene rings is 3. The summed E-state index contributed by atoms with van der Waals surface area (Å²) in [6.45, 7) is 1.23. The molecule has 3 heterocycles. The van der Waals surface area contributed by atoms with Crippen molar-refractivity contribution in [1.29, 1.82) is 0 Å². The van der Waals surface area contributed by atoms with Gasteiger partial charge in [-0.25, -0.2) is 4.98 Å². The molecule has 4 nitrogen and oxygen atoms in total. The van der Waals surface area contributed by atoms with Gasteiger partial charge in [-0.15, -0.1) is 22.7 Å². The first-order chi connectivity index (χ1) is 17.2. The third kappa shape index (κ3) is 4.50. The van der Waals surface area contributed by atoms with E-state index in [0.717, 1.165) is 33.1 Å². The average Bonchev–Trinajstić information content (AvgIpc) is 3.65. The molecular weight excluding hydrogens is 470 g/mol. The first kappa shape index (κ1) is 21.8. The number of carbonyl (C=O) groups is 1. The van der Waals surface area contributed by atoms with Crippen LogP contribution >= 0.6 is 22.7 Å². The summed E-state index contributed by atoms with van der Waals surface area (Å²) in [5.74, 6) is 0.0813. The third-order valence-corrected chi connectivity index (χ3v) is 7.95. The van der Waals surface area contributed by atoms with Crippen LogP contribution in [0.25, 0.3) is 27.0 Å². The van der Waals surface area contributed by atoms with Gasteiger partial charge in [-0.1, -0.05) is 72.8 Å². The van der Waals surface area contributed by atoms with Crippen LogP contribution in [0.15, 0.2) is 102 Å². The summed E-state index contributed by atoms with van der Waals surface area (Å²) in [6, 6.07) is 28.9. The zero-order chi connectivity index (χ0) is 23.6. The van der Waals surface area contributed by atoms with Crippen molar-refractivity contribution >= 4 is 44.3 Å². The molecule has 3 aromatic carbocycles. The Bertz CT molecular complexity index is 1600. The number of nitrogens with zero attached hydrogens (tertiary/aromatic N) is 3. The fraction of sp³-hybridized carbons (Fsp3) is 0.103. The number of carbonyl (C=O) groups excluding carboxylic acids is 1. The predicted octanol–water partition coefficient (Wildman–Crippen LogP) is 7.16. The van der Waals surface area contributed by atoms with Crippen LogP contribution in [0.1, 0.15) is 20.9 Å². The Hall–Kier alpha value is -3.74. The normalized spacial score (nSPS) is 11.3. The topological polar surface area (TPSA) is 37.6 Å². The van der Waals surface area contributed by atoms with E-state index >= 15 is 0 Å². The lowest BCUT2D eigenvalue weighted by Crippen LogP contribution is -2.32. The fourth-order valence-corrected chi connectivity index (χ4v) is 5.96. The Morgan fingerprint density at radius 2 is 1.71 bits per heavy atom. The summed E-state index contributed by atoms with van der Waals surface area (Å²) in [5.41, 5.74) is 4.39. The van der Waals surface area contributed by atoms with Crippen molar-refractivity contribution in [3.8, 4) is 11.3 Å². The number of amides is 1. The van der Waals surface area contributed by atoms with Crippen molar-refractivity contribution in [1.82, 2.24) is 14.3 Å². The van der Waals surface area contributed by atoms with Crippen LogP contribution in [0.5, 0.6) is 0 Å². The monoisotopic (exact) mass is 493 g/mol. The number of hydrogen-bond acceptors (Lipinski definition) is 4. The van der Waals surface area contributed by atoms with Crippen molar-refractivity contribution < 1.29 is 4.79 Å². The minimum absolute atomic E-state index is 0.0813. The molecule has 6 rings (SSSR count). The second-order valence-corrected chi connectivity index (χ2v) is 10.3. The zero-order valence-corrected chi connectivity index (χ0v) is 20.6.